The van der Waals surface area contributed by atoms with E-state index < -0.39 is 5.60 Å². The molecule has 1 heterocycles. The van der Waals surface area contributed by atoms with Gasteiger partial charge in [0.2, 0.25) is 0 Å². The van der Waals surface area contributed by atoms with Crippen molar-refractivity contribution in [1.29, 1.82) is 0 Å². The van der Waals surface area contributed by atoms with Crippen LogP contribution in [0, 0.1) is 5.92 Å². The lowest BCUT2D eigenvalue weighted by molar-refractivity contribution is -0.120. The third-order valence-electron chi connectivity index (χ3n) is 3.75. The van der Waals surface area contributed by atoms with Crippen LogP contribution in [0.2, 0.25) is 0 Å². The molecule has 1 aliphatic rings. The Morgan fingerprint density at radius 2 is 2.17 bits per heavy atom. The molecule has 1 aromatic rings. The normalized spacial score (nSPS) is 30.8. The minimum atomic E-state index is -1.04. The summed E-state index contributed by atoms with van der Waals surface area (Å²) in [5.74, 6) is -0.316. The van der Waals surface area contributed by atoms with Crippen LogP contribution in [0.4, 0.5) is 0 Å². The van der Waals surface area contributed by atoms with E-state index in [2.05, 4.69) is 6.92 Å². The summed E-state index contributed by atoms with van der Waals surface area (Å²) in [5.41, 5.74) is -0.151. The predicted molar refractivity (Wildman–Crippen MR) is 74.7 cm³/mol. The van der Waals surface area contributed by atoms with Crippen LogP contribution in [0.5, 0.6) is 0 Å². The number of hydrogen-bond acceptors (Lipinski definition) is 3. The quantitative estimate of drug-likeness (QED) is 0.847. The SMILES string of the molecule is CCCC[C@H]1Sc2ccccc2[C@@](C)(O)[C@@H]1C=O. The maximum Gasteiger partial charge on any atom is 0.127 e. The zero-order valence-electron chi connectivity index (χ0n) is 10.9. The van der Waals surface area contributed by atoms with Crippen LogP contribution in [0.3, 0.4) is 0 Å². The van der Waals surface area contributed by atoms with Gasteiger partial charge in [0.15, 0.2) is 0 Å². The standard InChI is InChI=1S/C15H20O2S/c1-3-4-8-14-12(10-16)15(2,17)11-7-5-6-9-13(11)18-14/h5-7,9-10,12,14,17H,3-4,8H2,1-2H3/t12-,14-,15-/m1/s1. The molecule has 0 bridgehead atoms. The average molecular weight is 264 g/mol. The first-order chi connectivity index (χ1) is 8.61. The van der Waals surface area contributed by atoms with Crippen molar-refractivity contribution >= 4 is 18.0 Å². The van der Waals surface area contributed by atoms with E-state index >= 15 is 0 Å². The molecule has 18 heavy (non-hydrogen) atoms. The molecule has 98 valence electrons. The van der Waals surface area contributed by atoms with E-state index in [4.69, 9.17) is 0 Å². The van der Waals surface area contributed by atoms with Gasteiger partial charge in [-0.2, -0.15) is 0 Å². The van der Waals surface area contributed by atoms with Crippen LogP contribution >= 0.6 is 11.8 Å². The summed E-state index contributed by atoms with van der Waals surface area (Å²) in [6, 6.07) is 7.87. The van der Waals surface area contributed by atoms with Crippen molar-refractivity contribution in [2.24, 2.45) is 5.92 Å². The molecule has 0 aliphatic carbocycles. The topological polar surface area (TPSA) is 37.3 Å². The number of rotatable bonds is 4. The van der Waals surface area contributed by atoms with Crippen LogP contribution in [-0.2, 0) is 10.4 Å². The van der Waals surface area contributed by atoms with Gasteiger partial charge in [0.05, 0.1) is 11.5 Å². The Bertz CT molecular complexity index is 428. The van der Waals surface area contributed by atoms with Gasteiger partial charge in [-0.1, -0.05) is 38.0 Å². The summed E-state index contributed by atoms with van der Waals surface area (Å²) in [7, 11) is 0. The maximum absolute atomic E-state index is 11.4. The summed E-state index contributed by atoms with van der Waals surface area (Å²) in [4.78, 5) is 12.5. The van der Waals surface area contributed by atoms with Crippen LogP contribution < -0.4 is 0 Å². The van der Waals surface area contributed by atoms with Crippen LogP contribution in [-0.4, -0.2) is 16.6 Å². The summed E-state index contributed by atoms with van der Waals surface area (Å²) >= 11 is 1.74. The highest BCUT2D eigenvalue weighted by atomic mass is 32.2. The van der Waals surface area contributed by atoms with E-state index in [0.29, 0.717) is 0 Å². The Morgan fingerprint density at radius 3 is 2.83 bits per heavy atom. The van der Waals surface area contributed by atoms with E-state index in [1.165, 1.54) is 0 Å². The second-order valence-corrected chi connectivity index (χ2v) is 6.39. The van der Waals surface area contributed by atoms with Gasteiger partial charge in [-0.25, -0.2) is 0 Å². The highest BCUT2D eigenvalue weighted by molar-refractivity contribution is 8.00. The molecule has 1 aromatic carbocycles. The number of hydrogen-bond donors (Lipinski definition) is 1. The fraction of sp³-hybridized carbons (Fsp3) is 0.533. The number of benzene rings is 1. The Morgan fingerprint density at radius 1 is 1.44 bits per heavy atom. The van der Waals surface area contributed by atoms with Gasteiger partial charge in [0.1, 0.15) is 6.29 Å². The molecule has 0 amide bonds. The zero-order valence-corrected chi connectivity index (χ0v) is 11.7. The summed E-state index contributed by atoms with van der Waals surface area (Å²) in [6.07, 6.45) is 4.13. The summed E-state index contributed by atoms with van der Waals surface area (Å²) in [5, 5.41) is 10.9. The largest absolute Gasteiger partial charge is 0.385 e. The minimum absolute atomic E-state index is 0.187. The van der Waals surface area contributed by atoms with Gasteiger partial charge >= 0.3 is 0 Å². The number of unbranched alkanes of at least 4 members (excludes halogenated alkanes) is 1. The first-order valence-corrected chi connectivity index (χ1v) is 7.43. The average Bonchev–Trinajstić information content (AvgIpc) is 2.36. The molecule has 0 saturated heterocycles. The van der Waals surface area contributed by atoms with Gasteiger partial charge in [0, 0.05) is 10.1 Å². The number of aldehydes is 1. The lowest BCUT2D eigenvalue weighted by atomic mass is 9.80. The molecule has 0 radical (unpaired) electrons. The molecule has 0 aromatic heterocycles. The number of aliphatic hydroxyl groups is 1. The molecule has 2 nitrogen and oxygen atoms in total. The molecule has 0 fully saturated rings. The summed E-state index contributed by atoms with van der Waals surface area (Å²) < 4.78 is 0. The maximum atomic E-state index is 11.4. The van der Waals surface area contributed by atoms with Gasteiger partial charge in [-0.15, -0.1) is 11.8 Å². The van der Waals surface area contributed by atoms with Crippen molar-refractivity contribution in [3.05, 3.63) is 29.8 Å². The van der Waals surface area contributed by atoms with E-state index in [1.807, 2.05) is 24.3 Å². The van der Waals surface area contributed by atoms with Crippen molar-refractivity contribution in [2.75, 3.05) is 0 Å². The molecular weight excluding hydrogens is 244 g/mol. The monoisotopic (exact) mass is 264 g/mol. The van der Waals surface area contributed by atoms with Gasteiger partial charge in [-0.05, 0) is 25.0 Å². The highest BCUT2D eigenvalue weighted by Gasteiger charge is 2.44. The zero-order chi connectivity index (χ0) is 13.2. The molecular formula is C15H20O2S. The molecule has 0 spiro atoms. The predicted octanol–water partition coefficient (Wildman–Crippen LogP) is 3.37. The van der Waals surface area contributed by atoms with Crippen molar-refractivity contribution in [3.63, 3.8) is 0 Å². The van der Waals surface area contributed by atoms with Gasteiger partial charge in [-0.3, -0.25) is 0 Å². The van der Waals surface area contributed by atoms with Gasteiger partial charge < -0.3 is 9.90 Å². The van der Waals surface area contributed by atoms with Crippen LogP contribution in [0.15, 0.2) is 29.2 Å². The number of carbonyl (C=O) groups is 1. The lowest BCUT2D eigenvalue weighted by Crippen LogP contribution is -2.42. The fourth-order valence-corrected chi connectivity index (χ4v) is 4.27. The number of fused-ring (bicyclic) bond motifs is 1. The van der Waals surface area contributed by atoms with Crippen molar-refractivity contribution in [3.8, 4) is 0 Å². The number of carbonyl (C=O) groups excluding carboxylic acids is 1. The molecule has 1 aliphatic heterocycles. The smallest absolute Gasteiger partial charge is 0.127 e. The molecule has 3 atom stereocenters. The fourth-order valence-electron chi connectivity index (χ4n) is 2.63. The van der Waals surface area contributed by atoms with E-state index in [9.17, 15) is 9.90 Å². The third-order valence-corrected chi connectivity index (χ3v) is 5.19. The van der Waals surface area contributed by atoms with E-state index in [-0.39, 0.29) is 11.2 Å². The Hall–Kier alpha value is -0.800. The van der Waals surface area contributed by atoms with Crippen LogP contribution in [0.1, 0.15) is 38.7 Å². The second-order valence-electron chi connectivity index (χ2n) is 5.10. The lowest BCUT2D eigenvalue weighted by Gasteiger charge is -2.40. The molecule has 0 saturated carbocycles. The van der Waals surface area contributed by atoms with E-state index in [0.717, 1.165) is 36.0 Å². The van der Waals surface area contributed by atoms with Crippen LogP contribution in [0.25, 0.3) is 0 Å². The van der Waals surface area contributed by atoms with Crippen molar-refractivity contribution in [2.45, 2.75) is 48.9 Å². The number of thioether (sulfide) groups is 1. The molecule has 0 unspecified atom stereocenters. The summed E-state index contributed by atoms with van der Waals surface area (Å²) in [6.45, 7) is 3.92. The molecule has 3 heteroatoms. The van der Waals surface area contributed by atoms with Crippen molar-refractivity contribution < 1.29 is 9.90 Å². The van der Waals surface area contributed by atoms with Crippen molar-refractivity contribution in [1.82, 2.24) is 0 Å². The highest BCUT2D eigenvalue weighted by Crippen LogP contribution is 2.48. The first-order valence-electron chi connectivity index (χ1n) is 6.55. The van der Waals surface area contributed by atoms with Gasteiger partial charge in [0.25, 0.3) is 0 Å². The Balaban J connectivity index is 2.36. The Kier molecular flexibility index (Phi) is 4.13. The first kappa shape index (κ1) is 13.6. The third kappa shape index (κ3) is 2.34. The molecule has 1 N–H and O–H groups in total. The second kappa shape index (κ2) is 5.45. The van der Waals surface area contributed by atoms with E-state index in [1.54, 1.807) is 18.7 Å². The molecule has 2 rings (SSSR count). The Labute approximate surface area is 113 Å². The minimum Gasteiger partial charge on any atom is -0.385 e.